The molecule has 1 aromatic rings. The van der Waals surface area contributed by atoms with E-state index in [0.717, 1.165) is 44.4 Å². The molecule has 4 N–H and O–H groups in total. The van der Waals surface area contributed by atoms with Gasteiger partial charge in [0.15, 0.2) is 11.6 Å². The second-order valence-corrected chi connectivity index (χ2v) is 14.4. The quantitative estimate of drug-likeness (QED) is 0.0164. The lowest BCUT2D eigenvalue weighted by atomic mass is 10.1. The zero-order valence-electron chi connectivity index (χ0n) is 38.5. The number of ketones is 2. The van der Waals surface area contributed by atoms with Crippen molar-refractivity contribution in [3.63, 3.8) is 0 Å². The van der Waals surface area contributed by atoms with E-state index in [-0.39, 0.29) is 64.6 Å². The van der Waals surface area contributed by atoms with Crippen molar-refractivity contribution in [1.82, 2.24) is 0 Å². The zero-order valence-corrected chi connectivity index (χ0v) is 39.4. The number of quaternary nitrogens is 1. The van der Waals surface area contributed by atoms with E-state index in [4.69, 9.17) is 33.5 Å². The Morgan fingerprint density at radius 1 is 0.794 bits per heavy atom. The lowest BCUT2D eigenvalue weighted by Gasteiger charge is -2.11. The smallest absolute Gasteiger partial charge is 0.481 e. The average molecular weight is 918 g/mol. The maximum atomic E-state index is 11.4. The monoisotopic (exact) mass is 917 g/mol. The molecular weight excluding hydrogens is 844 g/mol. The second kappa shape index (κ2) is 45.9. The minimum Gasteiger partial charge on any atom is -0.481 e. The third-order valence-electron chi connectivity index (χ3n) is 8.35. The van der Waals surface area contributed by atoms with E-state index in [0.29, 0.717) is 19.8 Å². The number of carboxylic acid groups (broad SMARTS) is 1. The Morgan fingerprint density at radius 2 is 1.33 bits per heavy atom. The molecular formula is C43H73BNO17P+. The molecule has 1 heterocycles. The molecule has 3 atom stereocenters. The largest absolute Gasteiger partial charge is 0.517 e. The van der Waals surface area contributed by atoms with Crippen LogP contribution in [0.1, 0.15) is 123 Å². The van der Waals surface area contributed by atoms with Crippen molar-refractivity contribution in [3.05, 3.63) is 35.9 Å². The van der Waals surface area contributed by atoms with Crippen molar-refractivity contribution < 1.29 is 86.9 Å². The molecule has 0 spiro atoms. The molecule has 1 fully saturated rings. The Balaban J connectivity index is -0.000000761. The van der Waals surface area contributed by atoms with Gasteiger partial charge in [-0.25, -0.2) is 9.59 Å². The Labute approximate surface area is 375 Å². The third-order valence-corrected chi connectivity index (χ3v) is 8.56. The molecule has 1 radical (unpaired) electrons. The molecule has 1 aliphatic rings. The molecule has 0 bridgehead atoms. The van der Waals surface area contributed by atoms with E-state index in [1.807, 2.05) is 30.3 Å². The summed E-state index contributed by atoms with van der Waals surface area (Å²) in [4.78, 5) is 76.3. The number of benzene rings is 1. The minimum atomic E-state index is -1.02. The van der Waals surface area contributed by atoms with Crippen LogP contribution < -0.4 is 5.73 Å². The lowest BCUT2D eigenvalue weighted by molar-refractivity contribution is -0.368. The van der Waals surface area contributed by atoms with Gasteiger partial charge in [0.05, 0.1) is 21.5 Å². The normalized spacial score (nSPS) is 13.3. The molecule has 2 rings (SSSR count). The van der Waals surface area contributed by atoms with Crippen LogP contribution in [-0.2, 0) is 77.8 Å². The predicted molar refractivity (Wildman–Crippen MR) is 234 cm³/mol. The highest BCUT2D eigenvalue weighted by Gasteiger charge is 2.35. The summed E-state index contributed by atoms with van der Waals surface area (Å²) in [6.07, 6.45) is 8.50. The molecule has 0 amide bonds. The molecule has 20 heteroatoms. The van der Waals surface area contributed by atoms with E-state index in [9.17, 15) is 38.1 Å². The number of hydrogen-bond acceptors (Lipinski definition) is 16. The van der Waals surface area contributed by atoms with Gasteiger partial charge < -0.3 is 48.7 Å². The van der Waals surface area contributed by atoms with Crippen LogP contribution in [0.5, 0.6) is 0 Å². The number of methoxy groups -OCH3 is 3. The zero-order chi connectivity index (χ0) is 48.1. The van der Waals surface area contributed by atoms with E-state index < -0.39 is 42.4 Å². The van der Waals surface area contributed by atoms with Gasteiger partial charge in [-0.1, -0.05) is 69.8 Å². The van der Waals surface area contributed by atoms with Crippen molar-refractivity contribution in [2.75, 3.05) is 47.9 Å². The Hall–Kier alpha value is -4.13. The van der Waals surface area contributed by atoms with Crippen molar-refractivity contribution in [2.24, 2.45) is 0 Å². The summed E-state index contributed by atoms with van der Waals surface area (Å²) in [5.41, 5.74) is 4.65. The number of aliphatic carboxylic acids is 1. The molecule has 1 saturated heterocycles. The molecule has 1 aromatic carbocycles. The number of carbonyl (C=O) groups is 7. The highest BCUT2D eigenvalue weighted by atomic mass is 31.1. The molecule has 0 saturated carbocycles. The van der Waals surface area contributed by atoms with Crippen LogP contribution in [0.2, 0.25) is 6.82 Å². The van der Waals surface area contributed by atoms with Gasteiger partial charge in [-0.15, -0.1) is 0 Å². The van der Waals surface area contributed by atoms with Crippen molar-refractivity contribution in [1.29, 1.82) is 0 Å². The van der Waals surface area contributed by atoms with Crippen LogP contribution >= 0.6 is 8.34 Å². The fourth-order valence-electron chi connectivity index (χ4n) is 4.89. The number of hydrogen-bond donors (Lipinski definition) is 2. The van der Waals surface area contributed by atoms with Crippen molar-refractivity contribution in [2.45, 2.75) is 149 Å². The van der Waals surface area contributed by atoms with E-state index in [1.54, 1.807) is 20.9 Å². The molecule has 359 valence electrons. The van der Waals surface area contributed by atoms with Gasteiger partial charge in [-0.3, -0.25) is 28.5 Å². The fourth-order valence-corrected chi connectivity index (χ4v) is 4.89. The molecule has 1 aliphatic heterocycles. The van der Waals surface area contributed by atoms with Crippen LogP contribution in [0.25, 0.3) is 0 Å². The molecule has 0 aliphatic carbocycles. The second-order valence-electron chi connectivity index (χ2n) is 13.7. The summed E-state index contributed by atoms with van der Waals surface area (Å²) in [6, 6.07) is 9.23. The van der Waals surface area contributed by atoms with Crippen LogP contribution in [0.3, 0.4) is 0 Å². The average Bonchev–Trinajstić information content (AvgIpc) is 3.60. The Kier molecular flexibility index (Phi) is 46.0. The first-order valence-corrected chi connectivity index (χ1v) is 22.1. The van der Waals surface area contributed by atoms with Gasteiger partial charge in [0.1, 0.15) is 25.6 Å². The van der Waals surface area contributed by atoms with Gasteiger partial charge >= 0.3 is 30.0 Å². The first-order chi connectivity index (χ1) is 30.2. The fraction of sp³-hybridized carbons (Fsp3) is 0.698. The van der Waals surface area contributed by atoms with Crippen LogP contribution in [-0.4, -0.2) is 120 Å². The minimum absolute atomic E-state index is 0.0140. The number of carboxylic acids is 1. The molecule has 0 aromatic heterocycles. The van der Waals surface area contributed by atoms with Gasteiger partial charge in [0.25, 0.3) is 0 Å². The summed E-state index contributed by atoms with van der Waals surface area (Å²) in [6.45, 7) is 11.2. The van der Waals surface area contributed by atoms with Gasteiger partial charge in [-0.05, 0) is 64.4 Å². The number of Topliss-reactive ketones (excluding diaryl/α,β-unsaturated/α-hetero) is 2. The van der Waals surface area contributed by atoms with Crippen LogP contribution in [0.4, 0.5) is 4.79 Å². The van der Waals surface area contributed by atoms with Crippen molar-refractivity contribution in [3.8, 4) is 0 Å². The standard InChI is InChI=1S/C13H25NO4.C13H12O6.C9H20O2.C7H12O4.CH3BOP/c1-11(15)12(17-2)7-8-13(16)18-10-6-4-3-5-9-14;14-11(17-8-9-4-2-1-3-5-9)7-6-10-12(15)19-13(16)18-10;1-3-4-5-6-7-8-11-9-10-2;1-5(8)6(11-2)3-4-7(9)10;1-2-4-3/h12H,3-10,14H2,1-2H3;1-5,10H,6-8H2;3-9H2,1-2H3;6H,3-4H2,1-2H3,(H,9,10);1H3/p+1/t12-;10-;;6-;/m00.0./s1. The third kappa shape index (κ3) is 42.9. The summed E-state index contributed by atoms with van der Waals surface area (Å²) < 4.78 is 47.7. The number of ether oxygens (including phenoxy) is 8. The summed E-state index contributed by atoms with van der Waals surface area (Å²) >= 11 is 0. The highest BCUT2D eigenvalue weighted by molar-refractivity contribution is 7.60. The van der Waals surface area contributed by atoms with Gasteiger partial charge in [0.2, 0.25) is 13.1 Å². The molecule has 18 nitrogen and oxygen atoms in total. The number of unbranched alkanes of at least 4 members (excludes halogenated alkanes) is 7. The summed E-state index contributed by atoms with van der Waals surface area (Å²) in [7, 11) is 4.64. The lowest BCUT2D eigenvalue weighted by Crippen LogP contribution is -2.50. The maximum Gasteiger partial charge on any atom is 0.517 e. The van der Waals surface area contributed by atoms with Crippen molar-refractivity contribution >= 4 is 56.9 Å². The summed E-state index contributed by atoms with van der Waals surface area (Å²) in [5, 5.41) is 8.27. The summed E-state index contributed by atoms with van der Waals surface area (Å²) in [5.74, 6) is -2.57. The van der Waals surface area contributed by atoms with E-state index in [2.05, 4.69) is 22.1 Å². The Bertz CT molecular complexity index is 1360. The topological polar surface area (TPSA) is 258 Å². The number of esters is 3. The highest BCUT2D eigenvalue weighted by Crippen LogP contribution is 2.14. The Morgan fingerprint density at radius 3 is 1.81 bits per heavy atom. The molecule has 63 heavy (non-hydrogen) atoms. The SMILES string of the molecule is CCCCCCCOCOC.CO[C@@H](CCC(=O)O)C(C)=O.CO[C@@H](CCC(=O)OCCCCCC[NH3+])C(C)=O.C[B]P=O.O=C(CC[C@@H]1OC(=O)OC1=O)OCc1ccccc1. The van der Waals surface area contributed by atoms with E-state index in [1.165, 1.54) is 60.2 Å². The van der Waals surface area contributed by atoms with Gasteiger partial charge in [0, 0.05) is 53.6 Å². The number of carbonyl (C=O) groups excluding carboxylic acids is 6. The number of rotatable bonds is 30. The van der Waals surface area contributed by atoms with Gasteiger partial charge in [-0.2, -0.15) is 0 Å². The number of cyclic esters (lactones) is 3. The van der Waals surface area contributed by atoms with Crippen LogP contribution in [0, 0.1) is 0 Å². The predicted octanol–water partition coefficient (Wildman–Crippen LogP) is 6.27. The van der Waals surface area contributed by atoms with Crippen LogP contribution in [0.15, 0.2) is 30.3 Å². The van der Waals surface area contributed by atoms with E-state index >= 15 is 0 Å². The first-order valence-electron chi connectivity index (χ1n) is 21.2. The first kappa shape index (κ1) is 63.2. The maximum absolute atomic E-state index is 11.4. The molecule has 0 unspecified atom stereocenters.